The summed E-state index contributed by atoms with van der Waals surface area (Å²) in [6.45, 7) is 5.14. The Morgan fingerprint density at radius 3 is 2.43 bits per heavy atom. The van der Waals surface area contributed by atoms with Crippen molar-refractivity contribution in [3.8, 4) is 17.1 Å². The molecular formula is C23H32N4O2S. The van der Waals surface area contributed by atoms with Gasteiger partial charge in [0, 0.05) is 18.6 Å². The largest absolute Gasteiger partial charge is 0.496 e. The summed E-state index contributed by atoms with van der Waals surface area (Å²) in [5, 5.41) is 9.62. The van der Waals surface area contributed by atoms with Crippen LogP contribution < -0.4 is 4.74 Å². The SMILES string of the molecule is CCn1c(SCC(=O)N(C2CCC(C)CC2)C2CC2)nnc1-c1ccccc1OC. The first-order chi connectivity index (χ1) is 14.6. The van der Waals surface area contributed by atoms with E-state index in [4.69, 9.17) is 4.74 Å². The van der Waals surface area contributed by atoms with Gasteiger partial charge in [-0.15, -0.1) is 10.2 Å². The minimum absolute atomic E-state index is 0.256. The van der Waals surface area contributed by atoms with Gasteiger partial charge in [-0.1, -0.05) is 30.8 Å². The van der Waals surface area contributed by atoms with Gasteiger partial charge in [0.05, 0.1) is 18.4 Å². The van der Waals surface area contributed by atoms with E-state index in [0.717, 1.165) is 60.4 Å². The van der Waals surface area contributed by atoms with Crippen molar-refractivity contribution in [2.75, 3.05) is 12.9 Å². The summed E-state index contributed by atoms with van der Waals surface area (Å²) in [7, 11) is 1.66. The quantitative estimate of drug-likeness (QED) is 0.574. The molecule has 2 aliphatic carbocycles. The molecule has 0 bridgehead atoms. The van der Waals surface area contributed by atoms with E-state index in [-0.39, 0.29) is 5.91 Å². The van der Waals surface area contributed by atoms with Crippen molar-refractivity contribution < 1.29 is 9.53 Å². The second-order valence-electron chi connectivity index (χ2n) is 8.49. The Labute approximate surface area is 183 Å². The number of thioether (sulfide) groups is 1. The summed E-state index contributed by atoms with van der Waals surface area (Å²) < 4.78 is 7.57. The average Bonchev–Trinajstić information content (AvgIpc) is 3.52. The molecule has 6 nitrogen and oxygen atoms in total. The third-order valence-corrected chi connectivity index (χ3v) is 7.26. The predicted octanol–water partition coefficient (Wildman–Crippen LogP) is 4.64. The first-order valence-electron chi connectivity index (χ1n) is 11.1. The molecule has 1 amide bonds. The molecule has 7 heteroatoms. The van der Waals surface area contributed by atoms with E-state index in [1.165, 1.54) is 24.6 Å². The van der Waals surface area contributed by atoms with Crippen molar-refractivity contribution in [3.63, 3.8) is 0 Å². The van der Waals surface area contributed by atoms with Crippen LogP contribution in [0.5, 0.6) is 5.75 Å². The van der Waals surface area contributed by atoms with Crippen LogP contribution in [0.25, 0.3) is 11.4 Å². The summed E-state index contributed by atoms with van der Waals surface area (Å²) in [4.78, 5) is 15.4. The fourth-order valence-electron chi connectivity index (χ4n) is 4.49. The molecule has 1 aromatic carbocycles. The van der Waals surface area contributed by atoms with Gasteiger partial charge in [-0.05, 0) is 63.5 Å². The van der Waals surface area contributed by atoms with Crippen LogP contribution in [-0.2, 0) is 11.3 Å². The van der Waals surface area contributed by atoms with Crippen LogP contribution >= 0.6 is 11.8 Å². The Morgan fingerprint density at radius 2 is 1.80 bits per heavy atom. The summed E-state index contributed by atoms with van der Waals surface area (Å²) in [6.07, 6.45) is 7.09. The molecule has 0 radical (unpaired) electrons. The molecule has 0 atom stereocenters. The normalized spacial score (nSPS) is 21.4. The van der Waals surface area contributed by atoms with Crippen molar-refractivity contribution in [3.05, 3.63) is 24.3 Å². The summed E-state index contributed by atoms with van der Waals surface area (Å²) in [5.74, 6) is 3.03. The molecule has 2 aromatic rings. The van der Waals surface area contributed by atoms with Gasteiger partial charge in [0.2, 0.25) is 5.91 Å². The molecule has 2 aliphatic rings. The smallest absolute Gasteiger partial charge is 0.233 e. The van der Waals surface area contributed by atoms with Gasteiger partial charge < -0.3 is 14.2 Å². The van der Waals surface area contributed by atoms with E-state index >= 15 is 0 Å². The molecular weight excluding hydrogens is 396 g/mol. The van der Waals surface area contributed by atoms with Crippen molar-refractivity contribution in [1.29, 1.82) is 0 Å². The number of para-hydroxylation sites is 1. The minimum atomic E-state index is 0.256. The van der Waals surface area contributed by atoms with Gasteiger partial charge in [-0.2, -0.15) is 0 Å². The van der Waals surface area contributed by atoms with E-state index < -0.39 is 0 Å². The molecule has 1 heterocycles. The van der Waals surface area contributed by atoms with Crippen molar-refractivity contribution in [2.45, 2.75) is 76.2 Å². The Morgan fingerprint density at radius 1 is 1.13 bits per heavy atom. The number of aromatic nitrogens is 3. The maximum absolute atomic E-state index is 13.2. The third-order valence-electron chi connectivity index (χ3n) is 6.31. The van der Waals surface area contributed by atoms with Crippen LogP contribution in [0.2, 0.25) is 0 Å². The van der Waals surface area contributed by atoms with E-state index in [1.807, 2.05) is 24.3 Å². The minimum Gasteiger partial charge on any atom is -0.496 e. The second kappa shape index (κ2) is 9.41. The molecule has 162 valence electrons. The average molecular weight is 429 g/mol. The van der Waals surface area contributed by atoms with Crippen LogP contribution in [0.4, 0.5) is 0 Å². The van der Waals surface area contributed by atoms with Crippen LogP contribution in [0, 0.1) is 5.92 Å². The zero-order valence-electron chi connectivity index (χ0n) is 18.2. The van der Waals surface area contributed by atoms with E-state index in [0.29, 0.717) is 17.8 Å². The van der Waals surface area contributed by atoms with Crippen molar-refractivity contribution in [1.82, 2.24) is 19.7 Å². The lowest BCUT2D eigenvalue weighted by Gasteiger charge is -2.36. The molecule has 2 saturated carbocycles. The number of rotatable bonds is 8. The summed E-state index contributed by atoms with van der Waals surface area (Å²) in [6, 6.07) is 8.73. The number of hydrogen-bond acceptors (Lipinski definition) is 5. The van der Waals surface area contributed by atoms with Crippen LogP contribution in [0.1, 0.15) is 52.4 Å². The third kappa shape index (κ3) is 4.51. The van der Waals surface area contributed by atoms with E-state index in [1.54, 1.807) is 7.11 Å². The van der Waals surface area contributed by atoms with E-state index in [2.05, 4.69) is 33.5 Å². The highest BCUT2D eigenvalue weighted by Gasteiger charge is 2.38. The molecule has 0 N–H and O–H groups in total. The Hall–Kier alpha value is -2.02. The maximum Gasteiger partial charge on any atom is 0.233 e. The molecule has 2 fully saturated rings. The van der Waals surface area contributed by atoms with Crippen LogP contribution in [-0.4, -0.2) is 50.5 Å². The van der Waals surface area contributed by atoms with Crippen LogP contribution in [0.15, 0.2) is 29.4 Å². The second-order valence-corrected chi connectivity index (χ2v) is 9.43. The Kier molecular flexibility index (Phi) is 6.66. The van der Waals surface area contributed by atoms with Gasteiger partial charge in [0.25, 0.3) is 0 Å². The van der Waals surface area contributed by atoms with Gasteiger partial charge >= 0.3 is 0 Å². The number of nitrogens with zero attached hydrogens (tertiary/aromatic N) is 4. The standard InChI is InChI=1S/C23H32N4O2S/c1-4-26-22(19-7-5-6-8-20(19)29-3)24-25-23(26)30-15-21(28)27(18-13-14-18)17-11-9-16(2)10-12-17/h5-8,16-18H,4,9-15H2,1-3H3. The lowest BCUT2D eigenvalue weighted by atomic mass is 9.86. The topological polar surface area (TPSA) is 60.2 Å². The molecule has 0 saturated heterocycles. The van der Waals surface area contributed by atoms with Crippen molar-refractivity contribution in [2.24, 2.45) is 5.92 Å². The van der Waals surface area contributed by atoms with Crippen molar-refractivity contribution >= 4 is 17.7 Å². The number of benzene rings is 1. The first-order valence-corrected chi connectivity index (χ1v) is 12.1. The number of ether oxygens (including phenoxy) is 1. The summed E-state index contributed by atoms with van der Waals surface area (Å²) >= 11 is 1.50. The lowest BCUT2D eigenvalue weighted by Crippen LogP contribution is -2.44. The van der Waals surface area contributed by atoms with Gasteiger partial charge in [0.1, 0.15) is 5.75 Å². The zero-order chi connectivity index (χ0) is 21.1. The monoisotopic (exact) mass is 428 g/mol. The van der Waals surface area contributed by atoms with Crippen LogP contribution in [0.3, 0.4) is 0 Å². The fourth-order valence-corrected chi connectivity index (χ4v) is 5.36. The number of methoxy groups -OCH3 is 1. The highest BCUT2D eigenvalue weighted by molar-refractivity contribution is 7.99. The van der Waals surface area contributed by atoms with Gasteiger partial charge in [-0.3, -0.25) is 4.79 Å². The summed E-state index contributed by atoms with van der Waals surface area (Å²) in [5.41, 5.74) is 0.920. The Balaban J connectivity index is 1.47. The highest BCUT2D eigenvalue weighted by atomic mass is 32.2. The number of amides is 1. The molecule has 1 aromatic heterocycles. The molecule has 0 spiro atoms. The molecule has 0 unspecified atom stereocenters. The molecule has 4 rings (SSSR count). The predicted molar refractivity (Wildman–Crippen MR) is 120 cm³/mol. The number of carbonyl (C=O) groups is 1. The lowest BCUT2D eigenvalue weighted by molar-refractivity contribution is -0.132. The number of carbonyl (C=O) groups excluding carboxylic acids is 1. The first kappa shape index (κ1) is 21.2. The molecule has 0 aliphatic heterocycles. The van der Waals surface area contributed by atoms with Gasteiger partial charge in [0.15, 0.2) is 11.0 Å². The Bertz CT molecular complexity index is 872. The molecule has 30 heavy (non-hydrogen) atoms. The maximum atomic E-state index is 13.2. The fraction of sp³-hybridized carbons (Fsp3) is 0.609. The van der Waals surface area contributed by atoms with Gasteiger partial charge in [-0.25, -0.2) is 0 Å². The zero-order valence-corrected chi connectivity index (χ0v) is 19.0. The number of hydrogen-bond donors (Lipinski definition) is 0. The van der Waals surface area contributed by atoms with E-state index in [9.17, 15) is 4.79 Å². The highest BCUT2D eigenvalue weighted by Crippen LogP contribution is 2.36.